The van der Waals surface area contributed by atoms with E-state index in [1.807, 2.05) is 13.8 Å². The van der Waals surface area contributed by atoms with Crippen LogP contribution in [0.25, 0.3) is 10.4 Å². The van der Waals surface area contributed by atoms with Crippen LogP contribution in [0.5, 0.6) is 0 Å². The monoisotopic (exact) mass is 237 g/mol. The van der Waals surface area contributed by atoms with Crippen LogP contribution in [-0.2, 0) is 14.3 Å². The normalized spacial score (nSPS) is 23.9. The van der Waals surface area contributed by atoms with Gasteiger partial charge in [-0.25, -0.2) is 0 Å². The molecule has 0 fully saturated rings. The first-order chi connectivity index (χ1) is 8.01. The third-order valence-corrected chi connectivity index (χ3v) is 3.23. The van der Waals surface area contributed by atoms with Crippen LogP contribution in [0.4, 0.5) is 0 Å². The molecule has 6 heteroatoms. The van der Waals surface area contributed by atoms with Gasteiger partial charge < -0.3 is 4.74 Å². The van der Waals surface area contributed by atoms with E-state index in [9.17, 15) is 9.59 Å². The molecule has 0 aromatic rings. The standard InChI is InChI=1S/C11H15N3O3/c1-6-4-8(10(15)13-14-12)9(5-7(6)2)11(16)17-3/h8-9H,4-5H2,1-3H3/t8-,9+/m1/s1. The number of hydrogen-bond acceptors (Lipinski definition) is 3. The number of allylic oxidation sites excluding steroid dienone is 2. The number of amides is 1. The van der Waals surface area contributed by atoms with Gasteiger partial charge in [-0.1, -0.05) is 11.1 Å². The molecule has 0 unspecified atom stereocenters. The summed E-state index contributed by atoms with van der Waals surface area (Å²) in [6.45, 7) is 3.85. The van der Waals surface area contributed by atoms with Gasteiger partial charge in [0.1, 0.15) is 0 Å². The van der Waals surface area contributed by atoms with Crippen molar-refractivity contribution >= 4 is 11.9 Å². The number of carbonyl (C=O) groups excluding carboxylic acids is 2. The molecule has 17 heavy (non-hydrogen) atoms. The van der Waals surface area contributed by atoms with E-state index in [1.165, 1.54) is 7.11 Å². The van der Waals surface area contributed by atoms with Gasteiger partial charge in [0.2, 0.25) is 5.91 Å². The van der Waals surface area contributed by atoms with E-state index in [4.69, 9.17) is 5.53 Å². The number of rotatable bonds is 2. The number of esters is 1. The Hall–Kier alpha value is -1.81. The molecule has 92 valence electrons. The van der Waals surface area contributed by atoms with E-state index in [0.29, 0.717) is 12.8 Å². The fourth-order valence-electron chi connectivity index (χ4n) is 2.07. The maximum atomic E-state index is 11.6. The fourth-order valence-corrected chi connectivity index (χ4v) is 2.07. The van der Waals surface area contributed by atoms with E-state index < -0.39 is 23.7 Å². The fraction of sp³-hybridized carbons (Fsp3) is 0.636. The summed E-state index contributed by atoms with van der Waals surface area (Å²) in [6.07, 6.45) is 0.930. The Kier molecular flexibility index (Phi) is 4.29. The molecule has 1 aliphatic rings. The highest BCUT2D eigenvalue weighted by Crippen LogP contribution is 2.35. The third-order valence-electron chi connectivity index (χ3n) is 3.23. The largest absolute Gasteiger partial charge is 0.469 e. The van der Waals surface area contributed by atoms with Crippen molar-refractivity contribution in [2.24, 2.45) is 17.0 Å². The van der Waals surface area contributed by atoms with Gasteiger partial charge in [0, 0.05) is 10.8 Å². The molecule has 0 bridgehead atoms. The molecule has 0 heterocycles. The minimum Gasteiger partial charge on any atom is -0.469 e. The predicted octanol–water partition coefficient (Wildman–Crippen LogP) is 2.36. The lowest BCUT2D eigenvalue weighted by Gasteiger charge is -2.29. The van der Waals surface area contributed by atoms with E-state index in [2.05, 4.69) is 14.8 Å². The summed E-state index contributed by atoms with van der Waals surface area (Å²) in [7, 11) is 1.29. The Morgan fingerprint density at radius 2 is 1.82 bits per heavy atom. The molecule has 0 saturated carbocycles. The maximum Gasteiger partial charge on any atom is 0.309 e. The Morgan fingerprint density at radius 3 is 2.29 bits per heavy atom. The lowest BCUT2D eigenvalue weighted by atomic mass is 9.76. The number of nitrogens with zero attached hydrogens (tertiary/aromatic N) is 3. The maximum absolute atomic E-state index is 11.6. The van der Waals surface area contributed by atoms with Crippen molar-refractivity contribution in [3.05, 3.63) is 21.6 Å². The quantitative estimate of drug-likeness (QED) is 0.242. The highest BCUT2D eigenvalue weighted by atomic mass is 16.5. The third kappa shape index (κ3) is 2.85. The molecule has 0 radical (unpaired) electrons. The van der Waals surface area contributed by atoms with Gasteiger partial charge in [-0.2, -0.15) is 0 Å². The van der Waals surface area contributed by atoms with Crippen molar-refractivity contribution in [2.75, 3.05) is 7.11 Å². The number of ether oxygens (including phenoxy) is 1. The second kappa shape index (κ2) is 5.50. The zero-order valence-electron chi connectivity index (χ0n) is 10.1. The summed E-state index contributed by atoms with van der Waals surface area (Å²) < 4.78 is 4.68. The summed E-state index contributed by atoms with van der Waals surface area (Å²) in [5.74, 6) is -2.15. The lowest BCUT2D eigenvalue weighted by molar-refractivity contribution is -0.150. The van der Waals surface area contributed by atoms with E-state index in [-0.39, 0.29) is 0 Å². The topological polar surface area (TPSA) is 92.1 Å². The minimum absolute atomic E-state index is 0.427. The van der Waals surface area contributed by atoms with Crippen molar-refractivity contribution in [2.45, 2.75) is 26.7 Å². The SMILES string of the molecule is COC(=O)[C@H]1CC(C)=C(C)C[C@H]1C(=O)N=[N+]=[N-]. The number of methoxy groups -OCH3 is 1. The molecular weight excluding hydrogens is 222 g/mol. The zero-order chi connectivity index (χ0) is 13.0. The van der Waals surface area contributed by atoms with Crippen molar-refractivity contribution in [3.63, 3.8) is 0 Å². The Morgan fingerprint density at radius 1 is 1.29 bits per heavy atom. The Labute approximate surface area is 99.3 Å². The van der Waals surface area contributed by atoms with Gasteiger partial charge in [0.05, 0.1) is 13.0 Å². The molecule has 0 aromatic heterocycles. The van der Waals surface area contributed by atoms with Crippen LogP contribution in [-0.4, -0.2) is 19.0 Å². The van der Waals surface area contributed by atoms with Gasteiger partial charge in [-0.3, -0.25) is 9.59 Å². The smallest absolute Gasteiger partial charge is 0.309 e. The molecular formula is C11H15N3O3. The molecule has 0 aliphatic heterocycles. The lowest BCUT2D eigenvalue weighted by Crippen LogP contribution is -2.33. The van der Waals surface area contributed by atoms with E-state index in [0.717, 1.165) is 11.1 Å². The Bertz CT molecular complexity index is 422. The number of hydrogen-bond donors (Lipinski definition) is 0. The molecule has 0 spiro atoms. The van der Waals surface area contributed by atoms with Crippen LogP contribution in [0.3, 0.4) is 0 Å². The van der Waals surface area contributed by atoms with Crippen molar-refractivity contribution in [1.29, 1.82) is 0 Å². The molecule has 1 amide bonds. The molecule has 1 aliphatic carbocycles. The van der Waals surface area contributed by atoms with Crippen LogP contribution in [0.1, 0.15) is 26.7 Å². The summed E-state index contributed by atoms with van der Waals surface area (Å²) >= 11 is 0. The van der Waals surface area contributed by atoms with Crippen molar-refractivity contribution < 1.29 is 14.3 Å². The van der Waals surface area contributed by atoms with Gasteiger partial charge in [-0.05, 0) is 37.3 Å². The van der Waals surface area contributed by atoms with Gasteiger partial charge in [0.15, 0.2) is 0 Å². The van der Waals surface area contributed by atoms with Crippen molar-refractivity contribution in [3.8, 4) is 0 Å². The first kappa shape index (κ1) is 13.3. The molecule has 0 N–H and O–H groups in total. The molecule has 0 aromatic carbocycles. The molecule has 6 nitrogen and oxygen atoms in total. The van der Waals surface area contributed by atoms with Crippen molar-refractivity contribution in [1.82, 2.24) is 0 Å². The second-order valence-electron chi connectivity index (χ2n) is 4.23. The van der Waals surface area contributed by atoms with Gasteiger partial charge in [-0.15, -0.1) is 0 Å². The van der Waals surface area contributed by atoms with E-state index >= 15 is 0 Å². The molecule has 2 atom stereocenters. The Balaban J connectivity index is 3.02. The summed E-state index contributed by atoms with van der Waals surface area (Å²) in [5.41, 5.74) is 10.4. The predicted molar refractivity (Wildman–Crippen MR) is 60.8 cm³/mol. The molecule has 0 saturated heterocycles. The van der Waals surface area contributed by atoms with Crippen LogP contribution in [0.15, 0.2) is 16.3 Å². The van der Waals surface area contributed by atoms with Crippen LogP contribution >= 0.6 is 0 Å². The average molecular weight is 237 g/mol. The average Bonchev–Trinajstić information content (AvgIpc) is 2.31. The second-order valence-corrected chi connectivity index (χ2v) is 4.23. The zero-order valence-corrected chi connectivity index (χ0v) is 10.1. The van der Waals surface area contributed by atoms with Crippen LogP contribution in [0.2, 0.25) is 0 Å². The number of carbonyl (C=O) groups is 2. The summed E-state index contributed by atoms with van der Waals surface area (Å²) in [5, 5.41) is 3.09. The van der Waals surface area contributed by atoms with Gasteiger partial charge >= 0.3 is 5.97 Å². The van der Waals surface area contributed by atoms with E-state index in [1.54, 1.807) is 0 Å². The summed E-state index contributed by atoms with van der Waals surface area (Å²) in [4.78, 5) is 25.7. The molecule has 1 rings (SSSR count). The highest BCUT2D eigenvalue weighted by molar-refractivity contribution is 5.86. The van der Waals surface area contributed by atoms with Crippen LogP contribution in [0, 0.1) is 11.8 Å². The highest BCUT2D eigenvalue weighted by Gasteiger charge is 2.37. The van der Waals surface area contributed by atoms with Gasteiger partial charge in [0.25, 0.3) is 0 Å². The minimum atomic E-state index is -0.595. The first-order valence-corrected chi connectivity index (χ1v) is 5.33. The first-order valence-electron chi connectivity index (χ1n) is 5.33. The summed E-state index contributed by atoms with van der Waals surface area (Å²) in [6, 6.07) is 0. The number of azide groups is 1. The van der Waals surface area contributed by atoms with Crippen LogP contribution < -0.4 is 0 Å².